The summed E-state index contributed by atoms with van der Waals surface area (Å²) in [5.74, 6) is 1.95. The molecule has 0 aliphatic heterocycles. The van der Waals surface area contributed by atoms with Crippen LogP contribution in [-0.4, -0.2) is 66.8 Å². The molecule has 1 N–H and O–H groups in total. The predicted molar refractivity (Wildman–Crippen MR) is 249 cm³/mol. The summed E-state index contributed by atoms with van der Waals surface area (Å²) in [7, 11) is 0. The number of halogens is 6. The van der Waals surface area contributed by atoms with Gasteiger partial charge in [-0.1, -0.05) is 64.4 Å². The van der Waals surface area contributed by atoms with Crippen LogP contribution in [0.25, 0.3) is 0 Å². The summed E-state index contributed by atoms with van der Waals surface area (Å²) in [4.78, 5) is 53.9. The molecule has 16 nitrogen and oxygen atoms in total. The number of amides is 2. The van der Waals surface area contributed by atoms with Crippen molar-refractivity contribution in [3.8, 4) is 11.5 Å². The van der Waals surface area contributed by atoms with Crippen LogP contribution in [0, 0.1) is 20.2 Å². The van der Waals surface area contributed by atoms with Crippen molar-refractivity contribution in [2.24, 2.45) is 0 Å². The first kappa shape index (κ1) is 65.8. The molecule has 0 fully saturated rings. The third-order valence-electron chi connectivity index (χ3n) is 6.50. The number of anilines is 2. The Balaban J connectivity index is -0.000000427. The van der Waals surface area contributed by atoms with Gasteiger partial charge >= 0.3 is 53.1 Å². The second-order valence-electron chi connectivity index (χ2n) is 10.5. The van der Waals surface area contributed by atoms with Crippen molar-refractivity contribution in [1.82, 2.24) is 9.97 Å². The number of carbonyl (C=O) groups excluding carboxylic acids is 2. The molecule has 2 amide bonds. The third-order valence-corrected chi connectivity index (χ3v) is 8.73. The standard InChI is InChI=1S/C18H17Br2N3O5.C10H11ClO.C8H7Br2N3O4.2CH4.B.HI.Na/c1-3-8-28-13-7-5-6-12(9-13)11-22(18(24)27-4-2)14-10-15(19)21-17(20)16(14)23(25)26;1-2-6-12-10-5-3-4-9(7-10)8-11;1-2-17-8(14)11-4-3-5(9)12-7(10)6(4)13(15)16;;;;;/h3,5-7,9-10H,1,4,8,11H2,2H3;2-5,7H,1,6,8H2;3H,2H2,1H3,(H,11,12,14);2*1H4;;1H;/q;;;;;;;+1/p-1. The number of nitro groups is 2. The van der Waals surface area contributed by atoms with E-state index in [1.807, 2.05) is 24.3 Å². The van der Waals surface area contributed by atoms with E-state index >= 15 is 0 Å². The second-order valence-corrected chi connectivity index (χ2v) is 13.9. The van der Waals surface area contributed by atoms with E-state index in [1.165, 1.54) is 17.0 Å². The van der Waals surface area contributed by atoms with Crippen molar-refractivity contribution in [3.05, 3.63) is 136 Å². The number of ether oxygens (including phenoxy) is 4. The molecule has 4 aromatic rings. The Hall–Kier alpha value is -2.84. The van der Waals surface area contributed by atoms with Crippen LogP contribution >= 0.6 is 75.3 Å². The van der Waals surface area contributed by atoms with Crippen LogP contribution in [0.1, 0.15) is 39.8 Å². The number of nitrogens with zero attached hydrogens (tertiary/aromatic N) is 5. The van der Waals surface area contributed by atoms with Gasteiger partial charge in [0, 0.05) is 26.4 Å². The van der Waals surface area contributed by atoms with Gasteiger partial charge in [-0.15, -0.1) is 11.6 Å². The number of hydrogen-bond donors (Lipinski definition) is 1. The van der Waals surface area contributed by atoms with Crippen molar-refractivity contribution >= 4 is 119 Å². The largest absolute Gasteiger partial charge is 1.00 e. The maximum absolute atomic E-state index is 12.6. The predicted octanol–water partition coefficient (Wildman–Crippen LogP) is 6.22. The summed E-state index contributed by atoms with van der Waals surface area (Å²) in [6, 6.07) is 17.5. The summed E-state index contributed by atoms with van der Waals surface area (Å²) >= 11 is 18.0. The topological polar surface area (TPSA) is 198 Å². The molecule has 0 saturated carbocycles. The molecule has 331 valence electrons. The van der Waals surface area contributed by atoms with Crippen LogP contribution in [0.2, 0.25) is 0 Å². The Bertz CT molecular complexity index is 2070. The Morgan fingerprint density at radius 1 is 0.806 bits per heavy atom. The second kappa shape index (κ2) is 35.5. The van der Waals surface area contributed by atoms with E-state index in [0.717, 1.165) is 11.3 Å². The summed E-state index contributed by atoms with van der Waals surface area (Å²) in [5, 5.41) is 24.7. The summed E-state index contributed by atoms with van der Waals surface area (Å²) in [6.07, 6.45) is 1.86. The van der Waals surface area contributed by atoms with E-state index in [4.69, 9.17) is 25.8 Å². The molecular formula is C38H43BBr4ClIN6NaO10. The molecule has 24 heteroatoms. The molecule has 2 aromatic carbocycles. The number of aromatic nitrogens is 2. The van der Waals surface area contributed by atoms with Gasteiger partial charge in [-0.2, -0.15) is 0 Å². The van der Waals surface area contributed by atoms with E-state index in [2.05, 4.69) is 96.9 Å². The van der Waals surface area contributed by atoms with Crippen molar-refractivity contribution in [2.75, 3.05) is 36.6 Å². The minimum absolute atomic E-state index is 0. The van der Waals surface area contributed by atoms with Gasteiger partial charge < -0.3 is 42.9 Å². The van der Waals surface area contributed by atoms with Gasteiger partial charge in [-0.25, -0.2) is 19.6 Å². The number of pyridine rings is 2. The normalized spacial score (nSPS) is 9.15. The zero-order valence-corrected chi connectivity index (χ0v) is 43.5. The van der Waals surface area contributed by atoms with Crippen molar-refractivity contribution in [1.29, 1.82) is 0 Å². The molecule has 62 heavy (non-hydrogen) atoms. The van der Waals surface area contributed by atoms with E-state index in [1.54, 1.807) is 50.3 Å². The van der Waals surface area contributed by atoms with E-state index in [0.29, 0.717) is 39.6 Å². The molecule has 0 saturated heterocycles. The number of hydrogen-bond acceptors (Lipinski definition) is 12. The molecule has 0 atom stereocenters. The van der Waals surface area contributed by atoms with E-state index < -0.39 is 22.0 Å². The molecule has 2 aromatic heterocycles. The van der Waals surface area contributed by atoms with Gasteiger partial charge in [0.15, 0.2) is 9.21 Å². The van der Waals surface area contributed by atoms with Gasteiger partial charge in [-0.3, -0.25) is 30.4 Å². The molecule has 0 bridgehead atoms. The van der Waals surface area contributed by atoms with Crippen LogP contribution in [0.15, 0.2) is 104 Å². The first-order valence-electron chi connectivity index (χ1n) is 16.3. The Morgan fingerprint density at radius 2 is 1.27 bits per heavy atom. The summed E-state index contributed by atoms with van der Waals surface area (Å²) in [5.41, 5.74) is 1.15. The molecule has 3 radical (unpaired) electrons. The Labute approximate surface area is 441 Å². The van der Waals surface area contributed by atoms with Crippen LogP contribution < -0.4 is 73.2 Å². The fourth-order valence-electron chi connectivity index (χ4n) is 4.26. The van der Waals surface area contributed by atoms with E-state index in [-0.39, 0.29) is 129 Å². The maximum Gasteiger partial charge on any atom is 1.00 e. The van der Waals surface area contributed by atoms with Crippen LogP contribution in [0.5, 0.6) is 11.5 Å². The summed E-state index contributed by atoms with van der Waals surface area (Å²) < 4.78 is 21.3. The number of benzene rings is 2. The quantitative estimate of drug-likeness (QED) is 0.0269. The number of carbonyl (C=O) groups is 2. The average Bonchev–Trinajstić information content (AvgIpc) is 3.15. The van der Waals surface area contributed by atoms with Gasteiger partial charge in [0.25, 0.3) is 0 Å². The smallest absolute Gasteiger partial charge is 1.00 e. The number of alkyl halides is 1. The molecule has 4 rings (SSSR count). The van der Waals surface area contributed by atoms with Gasteiger partial charge in [-0.05, 0) is 113 Å². The number of nitrogens with one attached hydrogen (secondary N) is 1. The van der Waals surface area contributed by atoms with Crippen LogP contribution in [0.4, 0.5) is 32.3 Å². The first-order valence-corrected chi connectivity index (χ1v) is 20.0. The third kappa shape index (κ3) is 22.7. The zero-order chi connectivity index (χ0) is 42.5. The zero-order valence-electron chi connectivity index (χ0n) is 32.2. The minimum atomic E-state index is -0.763. The van der Waals surface area contributed by atoms with Crippen LogP contribution in [-0.2, 0) is 21.9 Å². The maximum atomic E-state index is 12.6. The van der Waals surface area contributed by atoms with Gasteiger partial charge in [0.05, 0.1) is 29.6 Å². The molecule has 2 heterocycles. The molecule has 0 aliphatic rings. The van der Waals surface area contributed by atoms with Crippen molar-refractivity contribution < 1.29 is 91.9 Å². The fraction of sp³-hybridized carbons (Fsp3) is 0.263. The Morgan fingerprint density at radius 3 is 1.74 bits per heavy atom. The van der Waals surface area contributed by atoms with Gasteiger partial charge in [0.2, 0.25) is 0 Å². The van der Waals surface area contributed by atoms with Crippen molar-refractivity contribution in [3.63, 3.8) is 0 Å². The van der Waals surface area contributed by atoms with E-state index in [9.17, 15) is 29.8 Å². The number of rotatable bonds is 15. The first-order chi connectivity index (χ1) is 27.2. The molecule has 0 spiro atoms. The van der Waals surface area contributed by atoms with Crippen LogP contribution in [0.3, 0.4) is 0 Å². The molecule has 0 unspecified atom stereocenters. The SMILES string of the molecule is C.C.C=CCOc1cccc(CCl)c1.C=CCOc1cccc(CN(C(=O)OCC)c2cc(Br)nc(Br)c2[N+](=O)[O-])c1.CCOC(=O)Nc1cc(Br)nc(Br)c1[N+](=O)[O-].[B].[I-].[Na+]. The minimum Gasteiger partial charge on any atom is -1.00 e. The fourth-order valence-corrected chi connectivity index (χ4v) is 6.79. The van der Waals surface area contributed by atoms with Crippen molar-refractivity contribution in [2.45, 2.75) is 41.1 Å². The summed E-state index contributed by atoms with van der Waals surface area (Å²) in [6.45, 7) is 11.7. The molecule has 0 aliphatic carbocycles. The average molecular weight is 1260 g/mol. The Kier molecular flexibility index (Phi) is 37.7. The molecular weight excluding hydrogens is 1220 g/mol. The monoisotopic (exact) mass is 1250 g/mol. The van der Waals surface area contributed by atoms with Gasteiger partial charge in [0.1, 0.15) is 45.3 Å².